The zero-order chi connectivity index (χ0) is 19.3. The summed E-state index contributed by atoms with van der Waals surface area (Å²) >= 11 is 6.36. The monoisotopic (exact) mass is 391 g/mol. The highest BCUT2D eigenvalue weighted by Crippen LogP contribution is 2.55. The second kappa shape index (κ2) is 6.52. The molecule has 0 radical (unpaired) electrons. The first-order valence-corrected chi connectivity index (χ1v) is 10.3. The van der Waals surface area contributed by atoms with E-state index >= 15 is 0 Å². The lowest BCUT2D eigenvalue weighted by Gasteiger charge is -2.36. The normalized spacial score (nSPS) is 22.6. The standard InChI is InChI=1S/C24H22ClNO2/c1-26-19-10-9-16(25)15-18(19)24(13-5-2-6-14-24)22(26)12-11-21-23(27)17-7-3-4-8-20(17)28-21/h3-4,7-12,15H,2,5-6,13-14H2,1H3/b21-11+,22-12+. The zero-order valence-electron chi connectivity index (χ0n) is 15.9. The fraction of sp³-hybridized carbons (Fsp3) is 0.292. The van der Waals surface area contributed by atoms with E-state index in [0.717, 1.165) is 17.9 Å². The van der Waals surface area contributed by atoms with Crippen molar-refractivity contribution in [3.8, 4) is 5.75 Å². The Labute approximate surface area is 170 Å². The number of fused-ring (bicyclic) bond motifs is 3. The number of carbonyl (C=O) groups is 1. The number of ketones is 1. The molecule has 0 aromatic heterocycles. The van der Waals surface area contributed by atoms with Crippen LogP contribution in [0.2, 0.25) is 5.02 Å². The van der Waals surface area contributed by atoms with Crippen molar-refractivity contribution in [1.29, 1.82) is 0 Å². The first kappa shape index (κ1) is 17.6. The Morgan fingerprint density at radius 1 is 1.07 bits per heavy atom. The van der Waals surface area contributed by atoms with Crippen LogP contribution in [-0.4, -0.2) is 12.8 Å². The molecule has 1 spiro atoms. The fourth-order valence-corrected chi connectivity index (χ4v) is 5.20. The van der Waals surface area contributed by atoms with E-state index < -0.39 is 0 Å². The lowest BCUT2D eigenvalue weighted by atomic mass is 9.68. The number of rotatable bonds is 1. The van der Waals surface area contributed by atoms with Crippen LogP contribution in [0.5, 0.6) is 5.75 Å². The van der Waals surface area contributed by atoms with E-state index in [0.29, 0.717) is 17.1 Å². The molecule has 28 heavy (non-hydrogen) atoms. The molecule has 0 amide bonds. The number of Topliss-reactive ketones (excluding diaryl/α,β-unsaturated/α-hetero) is 1. The number of carbonyl (C=O) groups excluding carboxylic acids is 1. The van der Waals surface area contributed by atoms with E-state index in [-0.39, 0.29) is 11.2 Å². The Morgan fingerprint density at radius 2 is 1.86 bits per heavy atom. The number of hydrogen-bond acceptors (Lipinski definition) is 3. The van der Waals surface area contributed by atoms with Gasteiger partial charge in [-0.25, -0.2) is 0 Å². The highest BCUT2D eigenvalue weighted by atomic mass is 35.5. The number of anilines is 1. The van der Waals surface area contributed by atoms with Gasteiger partial charge >= 0.3 is 0 Å². The van der Waals surface area contributed by atoms with Crippen LogP contribution in [0.1, 0.15) is 48.0 Å². The Bertz CT molecular complexity index is 1030. The van der Waals surface area contributed by atoms with Crippen molar-refractivity contribution in [2.75, 3.05) is 11.9 Å². The summed E-state index contributed by atoms with van der Waals surface area (Å²) in [5, 5.41) is 0.779. The summed E-state index contributed by atoms with van der Waals surface area (Å²) in [6.45, 7) is 0. The van der Waals surface area contributed by atoms with Crippen LogP contribution in [0.3, 0.4) is 0 Å². The van der Waals surface area contributed by atoms with Crippen molar-refractivity contribution in [2.45, 2.75) is 37.5 Å². The van der Waals surface area contributed by atoms with Crippen molar-refractivity contribution in [1.82, 2.24) is 0 Å². The van der Waals surface area contributed by atoms with Crippen LogP contribution in [0.4, 0.5) is 5.69 Å². The SMILES string of the molecule is CN1/C(=C/C=C2/Oc3ccccc3C2=O)C2(CCCCC2)c2cc(Cl)ccc21. The lowest BCUT2D eigenvalue weighted by molar-refractivity contribution is 0.101. The van der Waals surface area contributed by atoms with Crippen molar-refractivity contribution in [3.63, 3.8) is 0 Å². The summed E-state index contributed by atoms with van der Waals surface area (Å²) in [7, 11) is 2.10. The minimum atomic E-state index is -0.0497. The number of para-hydroxylation sites is 1. The third kappa shape index (κ3) is 2.53. The molecule has 2 aliphatic heterocycles. The van der Waals surface area contributed by atoms with Crippen molar-refractivity contribution in [2.24, 2.45) is 0 Å². The number of allylic oxidation sites excluding steroid dienone is 4. The van der Waals surface area contributed by atoms with E-state index in [1.54, 1.807) is 0 Å². The Balaban J connectivity index is 1.58. The quantitative estimate of drug-likeness (QED) is 0.555. The van der Waals surface area contributed by atoms with E-state index in [1.807, 2.05) is 36.4 Å². The lowest BCUT2D eigenvalue weighted by Crippen LogP contribution is -2.31. The molecule has 0 saturated heterocycles. The van der Waals surface area contributed by atoms with Gasteiger partial charge in [-0.3, -0.25) is 4.79 Å². The highest BCUT2D eigenvalue weighted by Gasteiger charge is 2.46. The smallest absolute Gasteiger partial charge is 0.231 e. The van der Waals surface area contributed by atoms with Crippen molar-refractivity contribution in [3.05, 3.63) is 82.2 Å². The molecule has 4 heteroatoms. The van der Waals surface area contributed by atoms with Crippen LogP contribution in [-0.2, 0) is 5.41 Å². The number of nitrogens with zero attached hydrogens (tertiary/aromatic N) is 1. The van der Waals surface area contributed by atoms with E-state index in [4.69, 9.17) is 16.3 Å². The van der Waals surface area contributed by atoms with E-state index in [2.05, 4.69) is 30.2 Å². The number of hydrogen-bond donors (Lipinski definition) is 0. The van der Waals surface area contributed by atoms with Gasteiger partial charge in [-0.15, -0.1) is 0 Å². The molecule has 1 saturated carbocycles. The molecule has 2 heterocycles. The van der Waals surface area contributed by atoms with Gasteiger partial charge in [0, 0.05) is 28.9 Å². The molecule has 1 fully saturated rings. The molecule has 0 unspecified atom stereocenters. The van der Waals surface area contributed by atoms with Crippen LogP contribution in [0.15, 0.2) is 66.1 Å². The molecule has 1 aliphatic carbocycles. The van der Waals surface area contributed by atoms with Gasteiger partial charge in [-0.05, 0) is 60.9 Å². The van der Waals surface area contributed by atoms with Crippen molar-refractivity contribution >= 4 is 23.1 Å². The summed E-state index contributed by atoms with van der Waals surface area (Å²) in [5.74, 6) is 0.979. The Hall–Kier alpha value is -2.52. The van der Waals surface area contributed by atoms with Gasteiger partial charge in [-0.2, -0.15) is 0 Å². The zero-order valence-corrected chi connectivity index (χ0v) is 16.6. The maximum absolute atomic E-state index is 12.7. The summed E-state index contributed by atoms with van der Waals surface area (Å²) in [6, 6.07) is 13.6. The fourth-order valence-electron chi connectivity index (χ4n) is 5.03. The predicted molar refractivity (Wildman–Crippen MR) is 112 cm³/mol. The van der Waals surface area contributed by atoms with Gasteiger partial charge in [0.2, 0.25) is 5.78 Å². The van der Waals surface area contributed by atoms with Gasteiger partial charge in [0.25, 0.3) is 0 Å². The van der Waals surface area contributed by atoms with Gasteiger partial charge in [0.1, 0.15) is 5.75 Å². The van der Waals surface area contributed by atoms with Gasteiger partial charge in [0.05, 0.1) is 5.56 Å². The Morgan fingerprint density at radius 3 is 2.64 bits per heavy atom. The number of ether oxygens (including phenoxy) is 1. The number of halogens is 1. The minimum absolute atomic E-state index is 0.0290. The second-order valence-electron chi connectivity index (χ2n) is 7.87. The first-order valence-electron chi connectivity index (χ1n) is 9.88. The molecular formula is C24H22ClNO2. The maximum Gasteiger partial charge on any atom is 0.231 e. The van der Waals surface area contributed by atoms with Crippen LogP contribution >= 0.6 is 11.6 Å². The minimum Gasteiger partial charge on any atom is -0.452 e. The topological polar surface area (TPSA) is 29.5 Å². The highest BCUT2D eigenvalue weighted by molar-refractivity contribution is 6.30. The molecule has 0 bridgehead atoms. The summed E-state index contributed by atoms with van der Waals surface area (Å²) in [4.78, 5) is 14.9. The average molecular weight is 392 g/mol. The van der Waals surface area contributed by atoms with Crippen molar-refractivity contribution < 1.29 is 9.53 Å². The van der Waals surface area contributed by atoms with Crippen LogP contribution in [0, 0.1) is 0 Å². The Kier molecular flexibility index (Phi) is 4.09. The summed E-state index contributed by atoms with van der Waals surface area (Å²) < 4.78 is 5.81. The molecular weight excluding hydrogens is 370 g/mol. The molecule has 142 valence electrons. The first-order chi connectivity index (χ1) is 13.6. The third-order valence-corrected chi connectivity index (χ3v) is 6.60. The third-order valence-electron chi connectivity index (χ3n) is 6.36. The maximum atomic E-state index is 12.7. The summed E-state index contributed by atoms with van der Waals surface area (Å²) in [6.07, 6.45) is 9.82. The number of benzene rings is 2. The molecule has 3 aliphatic rings. The molecule has 0 N–H and O–H groups in total. The molecule has 0 atom stereocenters. The van der Waals surface area contributed by atoms with E-state index in [9.17, 15) is 4.79 Å². The van der Waals surface area contributed by atoms with Crippen LogP contribution < -0.4 is 9.64 Å². The largest absolute Gasteiger partial charge is 0.452 e. The predicted octanol–water partition coefficient (Wildman–Crippen LogP) is 6.03. The second-order valence-corrected chi connectivity index (χ2v) is 8.31. The number of likely N-dealkylation sites (N-methyl/N-ethyl adjacent to an activating group) is 1. The van der Waals surface area contributed by atoms with Crippen LogP contribution in [0.25, 0.3) is 0 Å². The van der Waals surface area contributed by atoms with E-state index in [1.165, 1.54) is 36.2 Å². The van der Waals surface area contributed by atoms with Gasteiger partial charge in [-0.1, -0.05) is 43.0 Å². The average Bonchev–Trinajstić information content (AvgIpc) is 3.14. The van der Waals surface area contributed by atoms with Gasteiger partial charge in [0.15, 0.2) is 5.76 Å². The summed E-state index contributed by atoms with van der Waals surface area (Å²) in [5.41, 5.74) is 4.35. The molecule has 2 aromatic carbocycles. The molecule has 5 rings (SSSR count). The molecule has 3 nitrogen and oxygen atoms in total. The molecule has 2 aromatic rings. The van der Waals surface area contributed by atoms with Gasteiger partial charge < -0.3 is 9.64 Å².